The molecule has 0 aliphatic carbocycles. The standard InChI is InChI=1S/C20H25NO/c1-19(2)18(22)20(3,4)21(19)17(15-11-7-5-8-12-15)16-13-9-6-10-14-16/h5-14,17-18,22H,1-4H3. The van der Waals surface area contributed by atoms with Crippen LogP contribution in [0.5, 0.6) is 0 Å². The second-order valence-electron chi connectivity index (χ2n) is 7.30. The fourth-order valence-electron chi connectivity index (χ4n) is 4.23. The topological polar surface area (TPSA) is 23.5 Å². The zero-order chi connectivity index (χ0) is 16.0. The summed E-state index contributed by atoms with van der Waals surface area (Å²) in [6, 6.07) is 21.3. The van der Waals surface area contributed by atoms with E-state index in [1.165, 1.54) is 11.1 Å². The molecule has 0 amide bonds. The van der Waals surface area contributed by atoms with Crippen molar-refractivity contribution in [3.63, 3.8) is 0 Å². The molecule has 0 radical (unpaired) electrons. The van der Waals surface area contributed by atoms with E-state index >= 15 is 0 Å². The number of aliphatic hydroxyl groups excluding tert-OH is 1. The molecule has 0 saturated carbocycles. The molecule has 22 heavy (non-hydrogen) atoms. The molecule has 1 N–H and O–H groups in total. The van der Waals surface area contributed by atoms with E-state index in [9.17, 15) is 5.11 Å². The number of hydrogen-bond donors (Lipinski definition) is 1. The summed E-state index contributed by atoms with van der Waals surface area (Å²) in [5.41, 5.74) is 2.03. The predicted octanol–water partition coefficient (Wildman–Crippen LogP) is 4.01. The van der Waals surface area contributed by atoms with Gasteiger partial charge >= 0.3 is 0 Å². The molecule has 1 aliphatic rings. The summed E-state index contributed by atoms with van der Waals surface area (Å²) in [5, 5.41) is 10.6. The van der Waals surface area contributed by atoms with Crippen LogP contribution in [0, 0.1) is 0 Å². The first-order chi connectivity index (χ1) is 10.4. The molecular formula is C20H25NO. The molecule has 1 saturated heterocycles. The normalized spacial score (nSPS) is 20.8. The lowest BCUT2D eigenvalue weighted by atomic mass is 9.67. The van der Waals surface area contributed by atoms with Crippen LogP contribution < -0.4 is 0 Å². The smallest absolute Gasteiger partial charge is 0.0897 e. The molecule has 2 aromatic carbocycles. The van der Waals surface area contributed by atoms with Crippen LogP contribution in [0.1, 0.15) is 44.9 Å². The van der Waals surface area contributed by atoms with Gasteiger partial charge in [0, 0.05) is 11.1 Å². The summed E-state index contributed by atoms with van der Waals surface area (Å²) in [6.07, 6.45) is -0.338. The minimum absolute atomic E-state index is 0.149. The Balaban J connectivity index is 2.11. The van der Waals surface area contributed by atoms with Gasteiger partial charge in [0.05, 0.1) is 12.1 Å². The van der Waals surface area contributed by atoms with Crippen molar-refractivity contribution in [3.05, 3.63) is 71.8 Å². The summed E-state index contributed by atoms with van der Waals surface area (Å²) in [5.74, 6) is 0. The van der Waals surface area contributed by atoms with Crippen molar-refractivity contribution in [1.29, 1.82) is 0 Å². The van der Waals surface area contributed by atoms with Crippen LogP contribution in [-0.2, 0) is 0 Å². The van der Waals surface area contributed by atoms with Crippen LogP contribution in [0.3, 0.4) is 0 Å². The van der Waals surface area contributed by atoms with Crippen LogP contribution in [0.4, 0.5) is 0 Å². The first-order valence-electron chi connectivity index (χ1n) is 7.94. The molecule has 0 spiro atoms. The van der Waals surface area contributed by atoms with Gasteiger partial charge in [-0.3, -0.25) is 4.90 Å². The van der Waals surface area contributed by atoms with E-state index in [1.807, 2.05) is 12.1 Å². The van der Waals surface area contributed by atoms with Gasteiger partial charge in [-0.2, -0.15) is 0 Å². The van der Waals surface area contributed by atoms with Gasteiger partial charge in [-0.15, -0.1) is 0 Å². The molecule has 0 aromatic heterocycles. The maximum atomic E-state index is 10.6. The highest BCUT2D eigenvalue weighted by atomic mass is 16.3. The molecule has 1 heterocycles. The maximum absolute atomic E-state index is 10.6. The summed E-state index contributed by atoms with van der Waals surface area (Å²) in [6.45, 7) is 8.51. The minimum atomic E-state index is -0.338. The first kappa shape index (κ1) is 15.3. The Morgan fingerprint density at radius 1 is 0.773 bits per heavy atom. The van der Waals surface area contributed by atoms with Crippen molar-refractivity contribution in [2.75, 3.05) is 0 Å². The zero-order valence-corrected chi connectivity index (χ0v) is 13.8. The minimum Gasteiger partial charge on any atom is -0.389 e. The molecule has 3 rings (SSSR count). The van der Waals surface area contributed by atoms with Gasteiger partial charge in [-0.1, -0.05) is 60.7 Å². The summed E-state index contributed by atoms with van der Waals surface area (Å²) < 4.78 is 0. The molecule has 116 valence electrons. The fourth-order valence-corrected chi connectivity index (χ4v) is 4.23. The Morgan fingerprint density at radius 2 is 1.14 bits per heavy atom. The lowest BCUT2D eigenvalue weighted by molar-refractivity contribution is -0.229. The highest BCUT2D eigenvalue weighted by molar-refractivity contribution is 5.35. The van der Waals surface area contributed by atoms with Crippen molar-refractivity contribution in [3.8, 4) is 0 Å². The van der Waals surface area contributed by atoms with Crippen molar-refractivity contribution < 1.29 is 5.11 Å². The molecular weight excluding hydrogens is 270 g/mol. The van der Waals surface area contributed by atoms with Gasteiger partial charge in [-0.25, -0.2) is 0 Å². The Labute approximate surface area is 133 Å². The Hall–Kier alpha value is -1.64. The maximum Gasteiger partial charge on any atom is 0.0897 e. The van der Waals surface area contributed by atoms with E-state index in [0.29, 0.717) is 0 Å². The SMILES string of the molecule is CC1(C)C(O)C(C)(C)N1C(c1ccccc1)c1ccccc1. The van der Waals surface area contributed by atoms with Crippen LogP contribution >= 0.6 is 0 Å². The lowest BCUT2D eigenvalue weighted by Gasteiger charge is -2.67. The monoisotopic (exact) mass is 295 g/mol. The fraction of sp³-hybridized carbons (Fsp3) is 0.400. The molecule has 2 aromatic rings. The molecule has 2 nitrogen and oxygen atoms in total. The number of likely N-dealkylation sites (tertiary alicyclic amines) is 1. The van der Waals surface area contributed by atoms with E-state index in [0.717, 1.165) is 0 Å². The van der Waals surface area contributed by atoms with Gasteiger partial charge < -0.3 is 5.11 Å². The predicted molar refractivity (Wildman–Crippen MR) is 90.7 cm³/mol. The number of nitrogens with zero attached hydrogens (tertiary/aromatic N) is 1. The average Bonchev–Trinajstić information content (AvgIpc) is 2.53. The third-order valence-electron chi connectivity index (χ3n) is 5.07. The van der Waals surface area contributed by atoms with Crippen LogP contribution in [0.2, 0.25) is 0 Å². The Morgan fingerprint density at radius 3 is 1.50 bits per heavy atom. The molecule has 1 aliphatic heterocycles. The van der Waals surface area contributed by atoms with Crippen LogP contribution in [0.15, 0.2) is 60.7 Å². The highest BCUT2D eigenvalue weighted by Gasteiger charge is 2.61. The quantitative estimate of drug-likeness (QED) is 0.925. The van der Waals surface area contributed by atoms with Gasteiger partial charge in [0.15, 0.2) is 0 Å². The molecule has 0 atom stereocenters. The first-order valence-corrected chi connectivity index (χ1v) is 7.94. The van der Waals surface area contributed by atoms with Crippen molar-refractivity contribution in [1.82, 2.24) is 4.90 Å². The van der Waals surface area contributed by atoms with E-state index in [2.05, 4.69) is 81.1 Å². The van der Waals surface area contributed by atoms with Crippen LogP contribution in [-0.4, -0.2) is 27.2 Å². The third-order valence-corrected chi connectivity index (χ3v) is 5.07. The second kappa shape index (κ2) is 5.22. The van der Waals surface area contributed by atoms with Crippen molar-refractivity contribution in [2.45, 2.75) is 50.9 Å². The number of aliphatic hydroxyl groups is 1. The molecule has 2 heteroatoms. The number of benzene rings is 2. The largest absolute Gasteiger partial charge is 0.389 e. The van der Waals surface area contributed by atoms with Crippen molar-refractivity contribution >= 4 is 0 Å². The summed E-state index contributed by atoms with van der Waals surface area (Å²) >= 11 is 0. The number of rotatable bonds is 3. The van der Waals surface area contributed by atoms with E-state index < -0.39 is 0 Å². The Kier molecular flexibility index (Phi) is 3.62. The van der Waals surface area contributed by atoms with E-state index in [1.54, 1.807) is 0 Å². The van der Waals surface area contributed by atoms with Gasteiger partial charge in [0.2, 0.25) is 0 Å². The highest BCUT2D eigenvalue weighted by Crippen LogP contribution is 2.51. The zero-order valence-electron chi connectivity index (χ0n) is 13.8. The van der Waals surface area contributed by atoms with Crippen molar-refractivity contribution in [2.24, 2.45) is 0 Å². The van der Waals surface area contributed by atoms with Gasteiger partial charge in [0.25, 0.3) is 0 Å². The van der Waals surface area contributed by atoms with E-state index in [4.69, 9.17) is 0 Å². The van der Waals surface area contributed by atoms with Gasteiger partial charge in [0.1, 0.15) is 0 Å². The summed E-state index contributed by atoms with van der Waals surface area (Å²) in [7, 11) is 0. The second-order valence-corrected chi connectivity index (χ2v) is 7.30. The van der Waals surface area contributed by atoms with Crippen LogP contribution in [0.25, 0.3) is 0 Å². The molecule has 0 unspecified atom stereocenters. The average molecular weight is 295 g/mol. The lowest BCUT2D eigenvalue weighted by Crippen LogP contribution is -2.80. The third kappa shape index (κ3) is 2.18. The molecule has 0 bridgehead atoms. The molecule has 1 fully saturated rings. The summed E-state index contributed by atoms with van der Waals surface area (Å²) in [4.78, 5) is 2.44. The van der Waals surface area contributed by atoms with E-state index in [-0.39, 0.29) is 23.2 Å². The number of hydrogen-bond acceptors (Lipinski definition) is 2. The Bertz CT molecular complexity index is 578. The van der Waals surface area contributed by atoms with Gasteiger partial charge in [-0.05, 0) is 38.8 Å².